The summed E-state index contributed by atoms with van der Waals surface area (Å²) in [6, 6.07) is 6.77. The van der Waals surface area contributed by atoms with E-state index in [1.165, 1.54) is 16.7 Å². The second-order valence-electron chi connectivity index (χ2n) is 5.42. The lowest BCUT2D eigenvalue weighted by Crippen LogP contribution is -2.11. The van der Waals surface area contributed by atoms with Crippen molar-refractivity contribution in [2.45, 2.75) is 32.7 Å². The molecule has 2 heteroatoms. The first kappa shape index (κ1) is 10.3. The minimum atomic E-state index is 0.219. The van der Waals surface area contributed by atoms with E-state index in [1.807, 2.05) is 0 Å². The van der Waals surface area contributed by atoms with Gasteiger partial charge in [0, 0.05) is 17.8 Å². The Kier molecular flexibility index (Phi) is 2.18. The molecule has 2 rings (SSSR count). The normalized spacial score (nSPS) is 15.7. The smallest absolute Gasteiger partial charge is 0.217 e. The fraction of sp³-hybridized carbons (Fsp3) is 0.385. The Morgan fingerprint density at radius 2 is 2.00 bits per heavy atom. The van der Waals surface area contributed by atoms with Crippen LogP contribution >= 0.6 is 0 Å². The maximum atomic E-state index is 4.13. The van der Waals surface area contributed by atoms with Gasteiger partial charge in [-0.25, -0.2) is 0 Å². The molecule has 0 unspecified atom stereocenters. The molecule has 0 radical (unpaired) electrons. The fourth-order valence-corrected chi connectivity index (χ4v) is 2.01. The minimum absolute atomic E-state index is 0.219. The van der Waals surface area contributed by atoms with Crippen LogP contribution in [-0.4, -0.2) is 12.8 Å². The van der Waals surface area contributed by atoms with Crippen LogP contribution in [0.2, 0.25) is 0 Å². The number of hydrogen-bond donors (Lipinski definition) is 0. The molecule has 0 saturated heterocycles. The van der Waals surface area contributed by atoms with E-state index >= 15 is 0 Å². The van der Waals surface area contributed by atoms with Gasteiger partial charge in [0.2, 0.25) is 7.98 Å². The lowest BCUT2D eigenvalue weighted by atomic mass is 9.85. The number of benzene rings is 1. The SMILES string of the molecule is BN1Cc2ccc(C(C)(C)C)cc2C1=C. The molecule has 1 aliphatic heterocycles. The summed E-state index contributed by atoms with van der Waals surface area (Å²) >= 11 is 0. The van der Waals surface area contributed by atoms with E-state index in [4.69, 9.17) is 0 Å². The van der Waals surface area contributed by atoms with Crippen molar-refractivity contribution in [2.24, 2.45) is 0 Å². The first-order chi connectivity index (χ1) is 6.89. The number of fused-ring (bicyclic) bond motifs is 1. The van der Waals surface area contributed by atoms with Crippen molar-refractivity contribution in [3.63, 3.8) is 0 Å². The first-order valence-corrected chi connectivity index (χ1v) is 5.43. The van der Waals surface area contributed by atoms with E-state index < -0.39 is 0 Å². The van der Waals surface area contributed by atoms with Crippen LogP contribution in [0.15, 0.2) is 24.8 Å². The van der Waals surface area contributed by atoms with Crippen LogP contribution in [0, 0.1) is 0 Å². The van der Waals surface area contributed by atoms with Crippen LogP contribution in [0.4, 0.5) is 0 Å². The minimum Gasteiger partial charge on any atom is -0.418 e. The molecule has 1 aromatic rings. The van der Waals surface area contributed by atoms with Crippen molar-refractivity contribution in [1.82, 2.24) is 4.81 Å². The third kappa shape index (κ3) is 1.69. The van der Waals surface area contributed by atoms with Gasteiger partial charge in [-0.3, -0.25) is 0 Å². The molecule has 1 heterocycles. The Hall–Kier alpha value is -1.18. The molecule has 0 saturated carbocycles. The molecular formula is C13H18BN. The van der Waals surface area contributed by atoms with Crippen molar-refractivity contribution < 1.29 is 0 Å². The third-order valence-electron chi connectivity index (χ3n) is 3.16. The lowest BCUT2D eigenvalue weighted by molar-refractivity contribution is 0.590. The summed E-state index contributed by atoms with van der Waals surface area (Å²) in [4.78, 5) is 2.21. The van der Waals surface area contributed by atoms with E-state index in [9.17, 15) is 0 Å². The highest BCUT2D eigenvalue weighted by Crippen LogP contribution is 2.33. The van der Waals surface area contributed by atoms with Gasteiger partial charge in [0.15, 0.2) is 0 Å². The Bertz CT molecular complexity index is 415. The van der Waals surface area contributed by atoms with E-state index in [-0.39, 0.29) is 5.41 Å². The molecule has 0 fully saturated rings. The van der Waals surface area contributed by atoms with Gasteiger partial charge in [-0.05, 0) is 22.6 Å². The summed E-state index contributed by atoms with van der Waals surface area (Å²) < 4.78 is 0. The molecular weight excluding hydrogens is 181 g/mol. The summed E-state index contributed by atoms with van der Waals surface area (Å²) in [7, 11) is 2.10. The van der Waals surface area contributed by atoms with Gasteiger partial charge in [0.1, 0.15) is 0 Å². The molecule has 15 heavy (non-hydrogen) atoms. The van der Waals surface area contributed by atoms with Gasteiger partial charge in [0.05, 0.1) is 0 Å². The molecule has 1 aromatic carbocycles. The molecule has 0 amide bonds. The second-order valence-corrected chi connectivity index (χ2v) is 5.42. The second kappa shape index (κ2) is 3.16. The molecule has 0 aromatic heterocycles. The predicted molar refractivity (Wildman–Crippen MR) is 68.3 cm³/mol. The lowest BCUT2D eigenvalue weighted by Gasteiger charge is -2.20. The topological polar surface area (TPSA) is 3.24 Å². The van der Waals surface area contributed by atoms with Crippen LogP contribution in [0.5, 0.6) is 0 Å². The molecule has 0 N–H and O–H groups in total. The van der Waals surface area contributed by atoms with Crippen molar-refractivity contribution in [2.75, 3.05) is 0 Å². The zero-order valence-corrected chi connectivity index (χ0v) is 10.1. The van der Waals surface area contributed by atoms with E-state index in [2.05, 4.69) is 58.3 Å². The highest BCUT2D eigenvalue weighted by atomic mass is 15.1. The maximum absolute atomic E-state index is 4.13. The molecule has 0 aliphatic carbocycles. The number of nitrogens with zero attached hydrogens (tertiary/aromatic N) is 1. The third-order valence-corrected chi connectivity index (χ3v) is 3.16. The van der Waals surface area contributed by atoms with Crippen molar-refractivity contribution in [1.29, 1.82) is 0 Å². The largest absolute Gasteiger partial charge is 0.418 e. The van der Waals surface area contributed by atoms with Crippen molar-refractivity contribution in [3.8, 4) is 0 Å². The van der Waals surface area contributed by atoms with Crippen LogP contribution in [0.25, 0.3) is 5.70 Å². The summed E-state index contributed by atoms with van der Waals surface area (Å²) in [6.45, 7) is 11.9. The van der Waals surface area contributed by atoms with Gasteiger partial charge >= 0.3 is 0 Å². The van der Waals surface area contributed by atoms with E-state index in [0.717, 1.165) is 12.2 Å². The standard InChI is InChI=1S/C13H18BN/c1-9-12-7-11(13(2,3)4)6-5-10(12)8-15(9)14/h5-7H,1,8,14H2,2-4H3. The van der Waals surface area contributed by atoms with Crippen molar-refractivity contribution in [3.05, 3.63) is 41.5 Å². The molecule has 78 valence electrons. The number of rotatable bonds is 0. The van der Waals surface area contributed by atoms with E-state index in [1.54, 1.807) is 0 Å². The summed E-state index contributed by atoms with van der Waals surface area (Å²) in [5, 5.41) is 0. The molecule has 0 spiro atoms. The molecule has 1 aliphatic rings. The molecule has 1 nitrogen and oxygen atoms in total. The van der Waals surface area contributed by atoms with Gasteiger partial charge in [-0.15, -0.1) is 0 Å². The van der Waals surface area contributed by atoms with Crippen LogP contribution < -0.4 is 0 Å². The highest BCUT2D eigenvalue weighted by molar-refractivity contribution is 6.10. The molecule has 0 atom stereocenters. The average molecular weight is 199 g/mol. The maximum Gasteiger partial charge on any atom is 0.217 e. The first-order valence-electron chi connectivity index (χ1n) is 5.43. The molecule has 0 bridgehead atoms. The fourth-order valence-electron chi connectivity index (χ4n) is 2.01. The van der Waals surface area contributed by atoms with Crippen LogP contribution in [0.3, 0.4) is 0 Å². The van der Waals surface area contributed by atoms with Gasteiger partial charge < -0.3 is 4.81 Å². The summed E-state index contributed by atoms with van der Waals surface area (Å²) in [5.74, 6) is 0. The zero-order chi connectivity index (χ0) is 11.2. The number of hydrogen-bond acceptors (Lipinski definition) is 1. The zero-order valence-electron chi connectivity index (χ0n) is 10.1. The Balaban J connectivity index is 2.49. The Labute approximate surface area is 93.2 Å². The Morgan fingerprint density at radius 1 is 1.33 bits per heavy atom. The monoisotopic (exact) mass is 199 g/mol. The van der Waals surface area contributed by atoms with Crippen LogP contribution in [-0.2, 0) is 12.0 Å². The van der Waals surface area contributed by atoms with Gasteiger partial charge in [-0.1, -0.05) is 39.5 Å². The average Bonchev–Trinajstić information content (AvgIpc) is 2.41. The Morgan fingerprint density at radius 3 is 2.60 bits per heavy atom. The highest BCUT2D eigenvalue weighted by Gasteiger charge is 2.21. The predicted octanol–water partition coefficient (Wildman–Crippen LogP) is 2.32. The van der Waals surface area contributed by atoms with Gasteiger partial charge in [-0.2, -0.15) is 0 Å². The summed E-state index contributed by atoms with van der Waals surface area (Å²) in [6.07, 6.45) is 0. The van der Waals surface area contributed by atoms with Crippen LogP contribution in [0.1, 0.15) is 37.5 Å². The summed E-state index contributed by atoms with van der Waals surface area (Å²) in [5.41, 5.74) is 5.48. The van der Waals surface area contributed by atoms with Crippen molar-refractivity contribution >= 4 is 13.7 Å². The van der Waals surface area contributed by atoms with E-state index in [0.29, 0.717) is 0 Å². The quantitative estimate of drug-likeness (QED) is 0.579. The van der Waals surface area contributed by atoms with Gasteiger partial charge in [0.25, 0.3) is 0 Å².